The third kappa shape index (κ3) is 3.24. The molecular weight excluding hydrogens is 377 g/mol. The van der Waals surface area contributed by atoms with Gasteiger partial charge in [-0.2, -0.15) is 5.10 Å². The molecule has 25 heavy (non-hydrogen) atoms. The van der Waals surface area contributed by atoms with Gasteiger partial charge in [0.1, 0.15) is 5.82 Å². The predicted octanol–water partition coefficient (Wildman–Crippen LogP) is 6.25. The smallest absolute Gasteiger partial charge is 0.133 e. The van der Waals surface area contributed by atoms with E-state index in [-0.39, 0.29) is 0 Å². The van der Waals surface area contributed by atoms with Crippen molar-refractivity contribution in [2.45, 2.75) is 19.3 Å². The van der Waals surface area contributed by atoms with Crippen molar-refractivity contribution in [3.05, 3.63) is 63.1 Å². The quantitative estimate of drug-likeness (QED) is 0.559. The summed E-state index contributed by atoms with van der Waals surface area (Å²) in [4.78, 5) is 0. The molecule has 2 heterocycles. The van der Waals surface area contributed by atoms with Crippen LogP contribution in [-0.2, 0) is 6.42 Å². The van der Waals surface area contributed by atoms with Crippen LogP contribution in [0.15, 0.2) is 42.5 Å². The lowest BCUT2D eigenvalue weighted by Gasteiger charge is -2.09. The van der Waals surface area contributed by atoms with Gasteiger partial charge in [-0.3, -0.25) is 0 Å². The first-order valence-corrected chi connectivity index (χ1v) is 9.34. The van der Waals surface area contributed by atoms with Gasteiger partial charge >= 0.3 is 0 Å². The van der Waals surface area contributed by atoms with Crippen LogP contribution in [0.3, 0.4) is 0 Å². The van der Waals surface area contributed by atoms with Gasteiger partial charge in [0.15, 0.2) is 0 Å². The highest BCUT2D eigenvalue weighted by molar-refractivity contribution is 6.42. The Morgan fingerprint density at radius 3 is 2.64 bits per heavy atom. The van der Waals surface area contributed by atoms with E-state index in [1.807, 2.05) is 47.1 Å². The molecule has 0 saturated carbocycles. The van der Waals surface area contributed by atoms with E-state index in [4.69, 9.17) is 39.9 Å². The summed E-state index contributed by atoms with van der Waals surface area (Å²) in [5.41, 5.74) is 4.04. The average molecular weight is 393 g/mol. The number of anilines is 1. The van der Waals surface area contributed by atoms with Crippen molar-refractivity contribution < 1.29 is 0 Å². The molecule has 0 unspecified atom stereocenters. The van der Waals surface area contributed by atoms with Crippen LogP contribution >= 0.6 is 34.8 Å². The van der Waals surface area contributed by atoms with Crippen LogP contribution in [0.1, 0.15) is 18.4 Å². The molecule has 2 aromatic carbocycles. The number of halogens is 3. The summed E-state index contributed by atoms with van der Waals surface area (Å²) in [6.07, 6.45) is 3.22. The van der Waals surface area contributed by atoms with Gasteiger partial charge in [0, 0.05) is 22.7 Å². The van der Waals surface area contributed by atoms with Crippen molar-refractivity contribution in [1.29, 1.82) is 0 Å². The number of aromatic nitrogens is 2. The van der Waals surface area contributed by atoms with E-state index in [9.17, 15) is 0 Å². The van der Waals surface area contributed by atoms with Crippen LogP contribution < -0.4 is 5.32 Å². The zero-order valence-corrected chi connectivity index (χ0v) is 15.7. The van der Waals surface area contributed by atoms with Crippen LogP contribution in [0.2, 0.25) is 15.1 Å². The second-order valence-electron chi connectivity index (χ2n) is 6.08. The van der Waals surface area contributed by atoms with E-state index in [0.29, 0.717) is 15.1 Å². The summed E-state index contributed by atoms with van der Waals surface area (Å²) in [6, 6.07) is 13.4. The van der Waals surface area contributed by atoms with E-state index in [0.717, 1.165) is 48.6 Å². The molecule has 0 atom stereocenters. The lowest BCUT2D eigenvalue weighted by atomic mass is 10.0. The Kier molecular flexibility index (Phi) is 4.63. The van der Waals surface area contributed by atoms with Gasteiger partial charge in [-0.25, -0.2) is 4.68 Å². The summed E-state index contributed by atoms with van der Waals surface area (Å²) < 4.78 is 1.93. The number of benzene rings is 2. The molecule has 3 nitrogen and oxygen atoms in total. The van der Waals surface area contributed by atoms with E-state index < -0.39 is 0 Å². The van der Waals surface area contributed by atoms with E-state index in [1.165, 1.54) is 5.56 Å². The molecular formula is C19H16Cl3N3. The minimum Gasteiger partial charge on any atom is -0.370 e. The van der Waals surface area contributed by atoms with Crippen LogP contribution in [-0.4, -0.2) is 16.3 Å². The second kappa shape index (κ2) is 6.91. The molecule has 1 N–H and O–H groups in total. The van der Waals surface area contributed by atoms with Gasteiger partial charge in [-0.05, 0) is 49.6 Å². The monoisotopic (exact) mass is 391 g/mol. The maximum atomic E-state index is 6.22. The summed E-state index contributed by atoms with van der Waals surface area (Å²) in [5.74, 6) is 1.03. The lowest BCUT2D eigenvalue weighted by Crippen LogP contribution is -2.07. The molecule has 128 valence electrons. The zero-order valence-electron chi connectivity index (χ0n) is 13.4. The lowest BCUT2D eigenvalue weighted by molar-refractivity contribution is 0.780. The number of nitrogens with zero attached hydrogens (tertiary/aromatic N) is 2. The third-order valence-corrected chi connectivity index (χ3v) is 5.35. The number of hydrogen-bond donors (Lipinski definition) is 1. The van der Waals surface area contributed by atoms with Crippen molar-refractivity contribution >= 4 is 40.6 Å². The van der Waals surface area contributed by atoms with Crippen LogP contribution in [0.5, 0.6) is 0 Å². The minimum atomic E-state index is 0.534. The van der Waals surface area contributed by atoms with E-state index >= 15 is 0 Å². The highest BCUT2D eigenvalue weighted by Gasteiger charge is 2.22. The number of hydrogen-bond acceptors (Lipinski definition) is 2. The van der Waals surface area contributed by atoms with E-state index in [1.54, 1.807) is 0 Å². The summed E-state index contributed by atoms with van der Waals surface area (Å²) in [6.45, 7) is 0.931. The first-order chi connectivity index (χ1) is 12.1. The average Bonchev–Trinajstić information content (AvgIpc) is 2.79. The van der Waals surface area contributed by atoms with Crippen molar-refractivity contribution in [1.82, 2.24) is 9.78 Å². The predicted molar refractivity (Wildman–Crippen MR) is 105 cm³/mol. The van der Waals surface area contributed by atoms with Gasteiger partial charge in [0.2, 0.25) is 0 Å². The Morgan fingerprint density at radius 1 is 0.960 bits per heavy atom. The minimum absolute atomic E-state index is 0.534. The zero-order chi connectivity index (χ0) is 17.4. The van der Waals surface area contributed by atoms with E-state index in [2.05, 4.69) is 5.32 Å². The third-order valence-electron chi connectivity index (χ3n) is 4.38. The Labute approximate surface area is 161 Å². The molecule has 1 aliphatic heterocycles. The largest absolute Gasteiger partial charge is 0.370 e. The molecule has 1 aromatic heterocycles. The Morgan fingerprint density at radius 2 is 1.84 bits per heavy atom. The van der Waals surface area contributed by atoms with Gasteiger partial charge in [-0.1, -0.05) is 46.9 Å². The van der Waals surface area contributed by atoms with Crippen molar-refractivity contribution in [2.24, 2.45) is 0 Å². The van der Waals surface area contributed by atoms with Gasteiger partial charge in [0.25, 0.3) is 0 Å². The molecule has 0 bridgehead atoms. The molecule has 0 fully saturated rings. The number of rotatable bonds is 2. The van der Waals surface area contributed by atoms with Crippen LogP contribution in [0.25, 0.3) is 16.9 Å². The highest BCUT2D eigenvalue weighted by Crippen LogP contribution is 2.36. The molecule has 4 rings (SSSR count). The summed E-state index contributed by atoms with van der Waals surface area (Å²) in [7, 11) is 0. The van der Waals surface area contributed by atoms with Crippen molar-refractivity contribution in [2.75, 3.05) is 11.9 Å². The maximum Gasteiger partial charge on any atom is 0.133 e. The van der Waals surface area contributed by atoms with Crippen molar-refractivity contribution in [3.63, 3.8) is 0 Å². The highest BCUT2D eigenvalue weighted by atomic mass is 35.5. The molecule has 1 aliphatic rings. The fourth-order valence-corrected chi connectivity index (χ4v) is 3.66. The Bertz CT molecular complexity index is 934. The first kappa shape index (κ1) is 16.8. The van der Waals surface area contributed by atoms with Gasteiger partial charge < -0.3 is 5.32 Å². The number of nitrogens with one attached hydrogen (secondary N) is 1. The molecule has 0 radical (unpaired) electrons. The maximum absolute atomic E-state index is 6.22. The SMILES string of the molecule is Clc1cccc(-n2nc(-c3ccc(Cl)c(Cl)c3)c3c2NCCCC3)c1. The van der Waals surface area contributed by atoms with Gasteiger partial charge in [0.05, 0.1) is 21.4 Å². The van der Waals surface area contributed by atoms with Crippen LogP contribution in [0, 0.1) is 0 Å². The van der Waals surface area contributed by atoms with Crippen molar-refractivity contribution in [3.8, 4) is 16.9 Å². The Balaban J connectivity index is 1.91. The second-order valence-corrected chi connectivity index (χ2v) is 7.33. The first-order valence-electron chi connectivity index (χ1n) is 8.20. The molecule has 0 amide bonds. The molecule has 6 heteroatoms. The standard InChI is InChI=1S/C19H16Cl3N3/c20-13-4-3-5-14(11-13)25-19-15(6-1-2-9-23-19)18(24-25)12-7-8-16(21)17(22)10-12/h3-5,7-8,10-11,23H,1-2,6,9H2. The molecule has 0 aliphatic carbocycles. The fraction of sp³-hybridized carbons (Fsp3) is 0.211. The molecule has 3 aromatic rings. The normalized spacial score (nSPS) is 13.9. The topological polar surface area (TPSA) is 29.9 Å². The van der Waals surface area contributed by atoms with Crippen LogP contribution in [0.4, 0.5) is 5.82 Å². The number of fused-ring (bicyclic) bond motifs is 1. The fourth-order valence-electron chi connectivity index (χ4n) is 3.17. The molecule has 0 saturated heterocycles. The summed E-state index contributed by atoms with van der Waals surface area (Å²) in [5, 5.41) is 10.2. The summed E-state index contributed by atoms with van der Waals surface area (Å²) >= 11 is 18.5. The molecule has 0 spiro atoms. The van der Waals surface area contributed by atoms with Gasteiger partial charge in [-0.15, -0.1) is 0 Å². The Hall–Kier alpha value is -1.68.